The second-order valence-electron chi connectivity index (χ2n) is 8.90. The molecule has 7 heteroatoms. The summed E-state index contributed by atoms with van der Waals surface area (Å²) < 4.78 is 16.0. The maximum absolute atomic E-state index is 14.2. The van der Waals surface area contributed by atoms with Gasteiger partial charge in [-0.05, 0) is 50.5 Å². The van der Waals surface area contributed by atoms with Crippen molar-refractivity contribution in [1.82, 2.24) is 0 Å². The maximum atomic E-state index is 14.2. The van der Waals surface area contributed by atoms with Gasteiger partial charge < -0.3 is 14.2 Å². The zero-order valence-corrected chi connectivity index (χ0v) is 21.0. The minimum absolute atomic E-state index is 0.165. The van der Waals surface area contributed by atoms with E-state index >= 15 is 0 Å². The number of rotatable bonds is 7. The Morgan fingerprint density at radius 3 is 2.19 bits per heavy atom. The third kappa shape index (κ3) is 4.70. The van der Waals surface area contributed by atoms with Gasteiger partial charge in [0.1, 0.15) is 11.7 Å². The average Bonchev–Trinajstić information content (AvgIpc) is 2.88. The average molecular weight is 490 g/mol. The molecule has 1 unspecified atom stereocenters. The van der Waals surface area contributed by atoms with Crippen LogP contribution in [0.25, 0.3) is 0 Å². The van der Waals surface area contributed by atoms with E-state index in [1.54, 1.807) is 27.9 Å². The predicted molar refractivity (Wildman–Crippen MR) is 135 cm³/mol. The second-order valence-corrected chi connectivity index (χ2v) is 8.90. The highest BCUT2D eigenvalue weighted by Crippen LogP contribution is 2.48. The molecular weight excluding hydrogens is 458 g/mol. The quantitative estimate of drug-likeness (QED) is 0.416. The number of ketones is 1. The first-order valence-electron chi connectivity index (χ1n) is 12.3. The molecule has 1 heterocycles. The highest BCUT2D eigenvalue weighted by Gasteiger charge is 2.52. The Kier molecular flexibility index (Phi) is 7.67. The van der Waals surface area contributed by atoms with E-state index in [4.69, 9.17) is 19.2 Å². The molecule has 36 heavy (non-hydrogen) atoms. The molecule has 0 N–H and O–H groups in total. The summed E-state index contributed by atoms with van der Waals surface area (Å²) in [5.74, 6) is -3.48. The lowest BCUT2D eigenvalue weighted by molar-refractivity contribution is -0.153. The molecule has 1 saturated carbocycles. The Hall–Kier alpha value is -3.74. The van der Waals surface area contributed by atoms with Gasteiger partial charge >= 0.3 is 11.9 Å². The van der Waals surface area contributed by atoms with Crippen molar-refractivity contribution in [2.24, 2.45) is 16.8 Å². The SMILES string of the molecule is CCOC(=O)C1=C(C)N=C2C[C@@H](c3ccc(OC)cc3)[C@@H](C(=O)OCC)C(=O)C2[C@@H]1c1ccccc1. The summed E-state index contributed by atoms with van der Waals surface area (Å²) in [5, 5.41) is 0. The largest absolute Gasteiger partial charge is 0.497 e. The predicted octanol–water partition coefficient (Wildman–Crippen LogP) is 4.62. The molecule has 1 aliphatic carbocycles. The third-order valence-electron chi connectivity index (χ3n) is 6.89. The Morgan fingerprint density at radius 1 is 0.917 bits per heavy atom. The number of methoxy groups -OCH3 is 1. The number of benzene rings is 2. The first-order valence-corrected chi connectivity index (χ1v) is 12.3. The van der Waals surface area contributed by atoms with Crippen molar-refractivity contribution in [3.05, 3.63) is 77.0 Å². The lowest BCUT2D eigenvalue weighted by Crippen LogP contribution is -2.48. The summed E-state index contributed by atoms with van der Waals surface area (Å²) in [6, 6.07) is 16.8. The highest BCUT2D eigenvalue weighted by atomic mass is 16.5. The van der Waals surface area contributed by atoms with Gasteiger partial charge in [0.25, 0.3) is 0 Å². The van der Waals surface area contributed by atoms with Crippen LogP contribution in [0.15, 0.2) is 70.9 Å². The van der Waals surface area contributed by atoms with E-state index in [1.807, 2.05) is 54.6 Å². The zero-order valence-electron chi connectivity index (χ0n) is 21.0. The van der Waals surface area contributed by atoms with E-state index in [9.17, 15) is 14.4 Å². The monoisotopic (exact) mass is 489 g/mol. The van der Waals surface area contributed by atoms with Crippen LogP contribution in [0.5, 0.6) is 5.75 Å². The van der Waals surface area contributed by atoms with Crippen LogP contribution in [-0.4, -0.2) is 43.8 Å². The van der Waals surface area contributed by atoms with Crippen molar-refractivity contribution in [2.75, 3.05) is 20.3 Å². The molecule has 1 fully saturated rings. The summed E-state index contributed by atoms with van der Waals surface area (Å²) in [5.41, 5.74) is 3.19. The first kappa shape index (κ1) is 25.4. The Balaban J connectivity index is 1.86. The van der Waals surface area contributed by atoms with Crippen molar-refractivity contribution >= 4 is 23.4 Å². The van der Waals surface area contributed by atoms with Crippen LogP contribution in [0.2, 0.25) is 0 Å². The molecule has 4 rings (SSSR count). The van der Waals surface area contributed by atoms with Crippen molar-refractivity contribution < 1.29 is 28.6 Å². The van der Waals surface area contributed by atoms with Crippen molar-refractivity contribution in [1.29, 1.82) is 0 Å². The zero-order chi connectivity index (χ0) is 25.8. The number of carbonyl (C=O) groups is 3. The van der Waals surface area contributed by atoms with Gasteiger partial charge in [-0.2, -0.15) is 0 Å². The highest BCUT2D eigenvalue weighted by molar-refractivity contribution is 6.17. The summed E-state index contributed by atoms with van der Waals surface area (Å²) in [7, 11) is 1.59. The molecule has 0 aromatic heterocycles. The summed E-state index contributed by atoms with van der Waals surface area (Å²) in [6.07, 6.45) is 0.392. The number of allylic oxidation sites excluding steroid dienone is 1. The molecule has 0 bridgehead atoms. The number of hydrogen-bond acceptors (Lipinski definition) is 7. The fourth-order valence-electron chi connectivity index (χ4n) is 5.34. The van der Waals surface area contributed by atoms with E-state index in [2.05, 4.69) is 0 Å². The lowest BCUT2D eigenvalue weighted by atomic mass is 9.62. The van der Waals surface area contributed by atoms with Crippen LogP contribution in [0.4, 0.5) is 0 Å². The van der Waals surface area contributed by atoms with Crippen molar-refractivity contribution in [3.8, 4) is 5.75 Å². The van der Waals surface area contributed by atoms with Gasteiger partial charge in [-0.15, -0.1) is 0 Å². The fraction of sp³-hybridized carbons (Fsp3) is 0.379. The van der Waals surface area contributed by atoms with Crippen molar-refractivity contribution in [3.63, 3.8) is 0 Å². The molecule has 2 aliphatic rings. The standard InChI is InChI=1S/C29H31NO6/c1-5-35-28(32)23-17(3)30-22-16-21(18-12-14-20(34-4)15-13-18)25(29(33)36-6-2)27(31)26(22)24(23)19-10-8-7-9-11-19/h7-15,21,24-26H,5-6,16H2,1-4H3/t21-,24+,25+,26?/m0/s1. The third-order valence-corrected chi connectivity index (χ3v) is 6.89. The number of nitrogens with zero attached hydrogens (tertiary/aromatic N) is 1. The molecule has 1 aliphatic heterocycles. The molecule has 0 amide bonds. The lowest BCUT2D eigenvalue weighted by Gasteiger charge is -2.41. The minimum atomic E-state index is -1.02. The molecule has 188 valence electrons. The van der Waals surface area contributed by atoms with Gasteiger partial charge in [0, 0.05) is 23.2 Å². The van der Waals surface area contributed by atoms with Crippen LogP contribution in [-0.2, 0) is 23.9 Å². The van der Waals surface area contributed by atoms with Gasteiger partial charge in [-0.3, -0.25) is 14.6 Å². The summed E-state index contributed by atoms with van der Waals surface area (Å²) >= 11 is 0. The number of ether oxygens (including phenoxy) is 3. The van der Waals surface area contributed by atoms with Crippen molar-refractivity contribution in [2.45, 2.75) is 39.0 Å². The van der Waals surface area contributed by atoms with Crippen LogP contribution in [0.1, 0.15) is 50.2 Å². The Labute approximate surface area is 211 Å². The van der Waals surface area contributed by atoms with Gasteiger partial charge in [0.05, 0.1) is 31.8 Å². The molecule has 0 radical (unpaired) electrons. The smallest absolute Gasteiger partial charge is 0.336 e. The number of esters is 2. The van der Waals surface area contributed by atoms with Crippen LogP contribution in [0, 0.1) is 11.8 Å². The van der Waals surface area contributed by atoms with Gasteiger partial charge in [0.2, 0.25) is 0 Å². The molecule has 0 spiro atoms. The molecule has 4 atom stereocenters. The Bertz CT molecular complexity index is 1200. The fourth-order valence-corrected chi connectivity index (χ4v) is 5.34. The normalized spacial score (nSPS) is 23.4. The van der Waals surface area contributed by atoms with Gasteiger partial charge in [-0.1, -0.05) is 42.5 Å². The van der Waals surface area contributed by atoms with E-state index in [1.165, 1.54) is 0 Å². The minimum Gasteiger partial charge on any atom is -0.497 e. The molecule has 7 nitrogen and oxygen atoms in total. The molecule has 2 aromatic carbocycles. The van der Waals surface area contributed by atoms with E-state index in [0.29, 0.717) is 29.2 Å². The van der Waals surface area contributed by atoms with E-state index in [-0.39, 0.29) is 19.0 Å². The van der Waals surface area contributed by atoms with Gasteiger partial charge in [-0.25, -0.2) is 4.79 Å². The molecule has 2 aromatic rings. The van der Waals surface area contributed by atoms with E-state index in [0.717, 1.165) is 11.1 Å². The van der Waals surface area contributed by atoms with E-state index < -0.39 is 35.6 Å². The van der Waals surface area contributed by atoms with Crippen LogP contribution >= 0.6 is 0 Å². The number of fused-ring (bicyclic) bond motifs is 1. The first-order chi connectivity index (χ1) is 17.4. The Morgan fingerprint density at radius 2 is 1.58 bits per heavy atom. The summed E-state index contributed by atoms with van der Waals surface area (Å²) in [4.78, 5) is 45.3. The summed E-state index contributed by atoms with van der Waals surface area (Å²) in [6.45, 7) is 5.61. The molecule has 0 saturated heterocycles. The second kappa shape index (κ2) is 10.9. The van der Waals surface area contributed by atoms with Gasteiger partial charge in [0.15, 0.2) is 5.78 Å². The number of aliphatic imine (C=N–C) groups is 1. The number of hydrogen-bond donors (Lipinski definition) is 0. The number of carbonyl (C=O) groups excluding carboxylic acids is 3. The van der Waals surface area contributed by atoms with Crippen LogP contribution in [0.3, 0.4) is 0 Å². The molecular formula is C29H31NO6. The topological polar surface area (TPSA) is 91.3 Å². The maximum Gasteiger partial charge on any atom is 0.336 e. The van der Waals surface area contributed by atoms with Crippen LogP contribution < -0.4 is 4.74 Å². The number of Topliss-reactive ketones (excluding diaryl/α,β-unsaturated/α-hetero) is 1.